The number of hydrogen-bond donors (Lipinski definition) is 1. The summed E-state index contributed by atoms with van der Waals surface area (Å²) >= 11 is 0. The molecule has 0 aliphatic heterocycles. The van der Waals surface area contributed by atoms with Crippen molar-refractivity contribution < 1.29 is 0 Å². The predicted molar refractivity (Wildman–Crippen MR) is 55.6 cm³/mol. The third-order valence-electron chi connectivity index (χ3n) is 2.95. The molecule has 0 fully saturated rings. The molecular weight excluding hydrogens is 158 g/mol. The maximum absolute atomic E-state index is 5.51. The predicted octanol–water partition coefficient (Wildman–Crippen LogP) is 2.14. The van der Waals surface area contributed by atoms with E-state index >= 15 is 0 Å². The minimum atomic E-state index is 0.840. The highest BCUT2D eigenvalue weighted by molar-refractivity contribution is 5.31. The highest BCUT2D eigenvalue weighted by atomic mass is 14.5. The van der Waals surface area contributed by atoms with E-state index in [1.54, 1.807) is 11.1 Å². The Balaban J connectivity index is 1.97. The smallest absolute Gasteiger partial charge is 0.00772 e. The highest BCUT2D eigenvalue weighted by Gasteiger charge is 2.19. The molecule has 0 saturated carbocycles. The van der Waals surface area contributed by atoms with Crippen molar-refractivity contribution in [2.45, 2.75) is 25.7 Å². The SMILES string of the molecule is NCCCC1Cc2ccccc2C1. The summed E-state index contributed by atoms with van der Waals surface area (Å²) in [6, 6.07) is 8.81. The Kier molecular flexibility index (Phi) is 2.65. The van der Waals surface area contributed by atoms with E-state index in [0.717, 1.165) is 12.5 Å². The Labute approximate surface area is 80.0 Å². The average molecular weight is 175 g/mol. The van der Waals surface area contributed by atoms with Crippen molar-refractivity contribution in [3.8, 4) is 0 Å². The van der Waals surface area contributed by atoms with E-state index in [1.807, 2.05) is 0 Å². The Morgan fingerprint density at radius 3 is 2.31 bits per heavy atom. The third-order valence-corrected chi connectivity index (χ3v) is 2.95. The van der Waals surface area contributed by atoms with Gasteiger partial charge in [0.05, 0.1) is 0 Å². The molecule has 1 aliphatic rings. The summed E-state index contributed by atoms with van der Waals surface area (Å²) in [5, 5.41) is 0. The normalized spacial score (nSPS) is 16.1. The molecule has 0 bridgehead atoms. The van der Waals surface area contributed by atoms with Gasteiger partial charge in [-0.1, -0.05) is 24.3 Å². The van der Waals surface area contributed by atoms with Crippen molar-refractivity contribution in [1.82, 2.24) is 0 Å². The molecule has 0 heterocycles. The molecule has 0 aromatic heterocycles. The monoisotopic (exact) mass is 175 g/mol. The molecule has 0 atom stereocenters. The number of fused-ring (bicyclic) bond motifs is 1. The molecule has 1 nitrogen and oxygen atoms in total. The van der Waals surface area contributed by atoms with E-state index in [2.05, 4.69) is 24.3 Å². The Bertz CT molecular complexity index is 255. The van der Waals surface area contributed by atoms with Gasteiger partial charge in [0.2, 0.25) is 0 Å². The third kappa shape index (κ3) is 1.92. The van der Waals surface area contributed by atoms with Crippen LogP contribution in [0.15, 0.2) is 24.3 Å². The van der Waals surface area contributed by atoms with Crippen LogP contribution in [0.4, 0.5) is 0 Å². The quantitative estimate of drug-likeness (QED) is 0.748. The standard InChI is InChI=1S/C12H17N/c13-7-3-4-10-8-11-5-1-2-6-12(11)9-10/h1-2,5-6,10H,3-4,7-9,13H2. The highest BCUT2D eigenvalue weighted by Crippen LogP contribution is 2.28. The topological polar surface area (TPSA) is 26.0 Å². The van der Waals surface area contributed by atoms with Crippen molar-refractivity contribution in [2.75, 3.05) is 6.54 Å². The maximum Gasteiger partial charge on any atom is -0.00772 e. The van der Waals surface area contributed by atoms with Gasteiger partial charge >= 0.3 is 0 Å². The Morgan fingerprint density at radius 1 is 1.15 bits per heavy atom. The zero-order valence-corrected chi connectivity index (χ0v) is 8.00. The lowest BCUT2D eigenvalue weighted by atomic mass is 10.0. The summed E-state index contributed by atoms with van der Waals surface area (Å²) < 4.78 is 0. The van der Waals surface area contributed by atoms with Gasteiger partial charge in [-0.25, -0.2) is 0 Å². The lowest BCUT2D eigenvalue weighted by molar-refractivity contribution is 0.497. The van der Waals surface area contributed by atoms with Crippen LogP contribution in [0.5, 0.6) is 0 Å². The summed E-state index contributed by atoms with van der Waals surface area (Å²) in [6.07, 6.45) is 5.02. The van der Waals surface area contributed by atoms with E-state index in [0.29, 0.717) is 0 Å². The van der Waals surface area contributed by atoms with Gasteiger partial charge in [0.15, 0.2) is 0 Å². The van der Waals surface area contributed by atoms with Crippen LogP contribution in [-0.4, -0.2) is 6.54 Å². The fourth-order valence-corrected chi connectivity index (χ4v) is 2.26. The van der Waals surface area contributed by atoms with Gasteiger partial charge in [-0.3, -0.25) is 0 Å². The zero-order chi connectivity index (χ0) is 9.10. The first-order valence-corrected chi connectivity index (χ1v) is 5.17. The molecule has 1 aromatic rings. The largest absolute Gasteiger partial charge is 0.330 e. The lowest BCUT2D eigenvalue weighted by Crippen LogP contribution is -2.05. The molecule has 0 spiro atoms. The minimum absolute atomic E-state index is 0.840. The van der Waals surface area contributed by atoms with Crippen molar-refractivity contribution in [2.24, 2.45) is 11.7 Å². The number of nitrogens with two attached hydrogens (primary N) is 1. The van der Waals surface area contributed by atoms with Crippen molar-refractivity contribution in [3.05, 3.63) is 35.4 Å². The molecule has 1 heteroatoms. The second-order valence-corrected chi connectivity index (χ2v) is 3.97. The number of hydrogen-bond acceptors (Lipinski definition) is 1. The number of rotatable bonds is 3. The van der Waals surface area contributed by atoms with E-state index in [-0.39, 0.29) is 0 Å². The average Bonchev–Trinajstić information content (AvgIpc) is 2.57. The van der Waals surface area contributed by atoms with Crippen molar-refractivity contribution >= 4 is 0 Å². The van der Waals surface area contributed by atoms with Gasteiger partial charge in [0.25, 0.3) is 0 Å². The molecule has 1 aromatic carbocycles. The first-order valence-electron chi connectivity index (χ1n) is 5.17. The Hall–Kier alpha value is -0.820. The molecule has 2 rings (SSSR count). The van der Waals surface area contributed by atoms with E-state index in [4.69, 9.17) is 5.73 Å². The molecule has 70 valence electrons. The van der Waals surface area contributed by atoms with E-state index in [1.165, 1.54) is 25.7 Å². The Morgan fingerprint density at radius 2 is 1.77 bits per heavy atom. The molecule has 13 heavy (non-hydrogen) atoms. The van der Waals surface area contributed by atoms with E-state index in [9.17, 15) is 0 Å². The van der Waals surface area contributed by atoms with Crippen LogP contribution in [0, 0.1) is 5.92 Å². The van der Waals surface area contributed by atoms with Crippen LogP contribution in [0.2, 0.25) is 0 Å². The van der Waals surface area contributed by atoms with Crippen LogP contribution < -0.4 is 5.73 Å². The van der Waals surface area contributed by atoms with Gasteiger partial charge in [0, 0.05) is 0 Å². The van der Waals surface area contributed by atoms with Gasteiger partial charge in [0.1, 0.15) is 0 Å². The summed E-state index contributed by atoms with van der Waals surface area (Å²) in [4.78, 5) is 0. The second kappa shape index (κ2) is 3.93. The molecule has 0 saturated heterocycles. The fraction of sp³-hybridized carbons (Fsp3) is 0.500. The number of benzene rings is 1. The summed E-state index contributed by atoms with van der Waals surface area (Å²) in [6.45, 7) is 0.840. The first kappa shape index (κ1) is 8.76. The second-order valence-electron chi connectivity index (χ2n) is 3.97. The molecule has 0 amide bonds. The lowest BCUT2D eigenvalue weighted by Gasteiger charge is -2.06. The van der Waals surface area contributed by atoms with Gasteiger partial charge in [-0.15, -0.1) is 0 Å². The van der Waals surface area contributed by atoms with Crippen LogP contribution in [-0.2, 0) is 12.8 Å². The van der Waals surface area contributed by atoms with Gasteiger partial charge in [-0.2, -0.15) is 0 Å². The first-order chi connectivity index (χ1) is 6.40. The summed E-state index contributed by atoms with van der Waals surface area (Å²) in [5.41, 5.74) is 8.63. The zero-order valence-electron chi connectivity index (χ0n) is 8.00. The van der Waals surface area contributed by atoms with E-state index < -0.39 is 0 Å². The van der Waals surface area contributed by atoms with Crippen LogP contribution in [0.1, 0.15) is 24.0 Å². The molecule has 0 radical (unpaired) electrons. The molecule has 2 N–H and O–H groups in total. The summed E-state index contributed by atoms with van der Waals surface area (Å²) in [7, 11) is 0. The van der Waals surface area contributed by atoms with Crippen molar-refractivity contribution in [3.63, 3.8) is 0 Å². The maximum atomic E-state index is 5.51. The molecule has 1 aliphatic carbocycles. The van der Waals surface area contributed by atoms with Gasteiger partial charge in [-0.05, 0) is 49.3 Å². The van der Waals surface area contributed by atoms with Crippen LogP contribution >= 0.6 is 0 Å². The molecular formula is C12H17N. The minimum Gasteiger partial charge on any atom is -0.330 e. The van der Waals surface area contributed by atoms with Gasteiger partial charge < -0.3 is 5.73 Å². The molecule has 0 unspecified atom stereocenters. The van der Waals surface area contributed by atoms with Crippen molar-refractivity contribution in [1.29, 1.82) is 0 Å². The summed E-state index contributed by atoms with van der Waals surface area (Å²) in [5.74, 6) is 0.862. The van der Waals surface area contributed by atoms with Crippen LogP contribution in [0.3, 0.4) is 0 Å². The fourth-order valence-electron chi connectivity index (χ4n) is 2.26. The van der Waals surface area contributed by atoms with Crippen LogP contribution in [0.25, 0.3) is 0 Å².